The molecule has 0 saturated heterocycles. The van der Waals surface area contributed by atoms with Gasteiger partial charge in [0, 0.05) is 11.1 Å². The molecule has 0 saturated carbocycles. The predicted octanol–water partition coefficient (Wildman–Crippen LogP) is 2.08. The van der Waals surface area contributed by atoms with E-state index in [0.29, 0.717) is 12.2 Å². The number of ether oxygens (including phenoxy) is 1. The Labute approximate surface area is 83.9 Å². The van der Waals surface area contributed by atoms with Gasteiger partial charge in [-0.2, -0.15) is 0 Å². The van der Waals surface area contributed by atoms with Crippen LogP contribution in [0.1, 0.15) is 19.4 Å². The molecule has 0 atom stereocenters. The molecule has 3 heteroatoms. The molecule has 0 aliphatic carbocycles. The van der Waals surface area contributed by atoms with Crippen molar-refractivity contribution in [1.82, 2.24) is 0 Å². The van der Waals surface area contributed by atoms with Crippen LogP contribution in [0.25, 0.3) is 0 Å². The van der Waals surface area contributed by atoms with Crippen molar-refractivity contribution in [2.75, 3.05) is 6.61 Å². The number of nitrogens with two attached hydrogens (primary N) is 1. The van der Waals surface area contributed by atoms with Crippen molar-refractivity contribution in [1.29, 1.82) is 0 Å². The van der Waals surface area contributed by atoms with Crippen LogP contribution >= 0.6 is 0 Å². The van der Waals surface area contributed by atoms with E-state index < -0.39 is 0 Å². The van der Waals surface area contributed by atoms with Gasteiger partial charge < -0.3 is 10.5 Å². The summed E-state index contributed by atoms with van der Waals surface area (Å²) >= 11 is 0. The lowest BCUT2D eigenvalue weighted by Crippen LogP contribution is -2.37. The lowest BCUT2D eigenvalue weighted by Gasteiger charge is -2.18. The van der Waals surface area contributed by atoms with Gasteiger partial charge in [0.05, 0.1) is 13.2 Å². The minimum atomic E-state index is -0.370. The van der Waals surface area contributed by atoms with Crippen molar-refractivity contribution >= 4 is 0 Å². The van der Waals surface area contributed by atoms with Crippen molar-refractivity contribution in [2.24, 2.45) is 5.73 Å². The first-order chi connectivity index (χ1) is 6.49. The minimum Gasteiger partial charge on any atom is -0.375 e. The zero-order chi connectivity index (χ0) is 10.6. The topological polar surface area (TPSA) is 35.2 Å². The molecule has 0 unspecified atom stereocenters. The molecule has 0 aliphatic heterocycles. The van der Waals surface area contributed by atoms with Crippen LogP contribution in [-0.2, 0) is 11.3 Å². The van der Waals surface area contributed by atoms with Crippen molar-refractivity contribution in [3.05, 3.63) is 35.6 Å². The van der Waals surface area contributed by atoms with Crippen molar-refractivity contribution in [3.63, 3.8) is 0 Å². The second-order valence-electron chi connectivity index (χ2n) is 4.07. The Morgan fingerprint density at radius 2 is 2.00 bits per heavy atom. The third kappa shape index (κ3) is 3.85. The Bertz CT molecular complexity index is 294. The first-order valence-corrected chi connectivity index (χ1v) is 4.59. The van der Waals surface area contributed by atoms with Gasteiger partial charge in [0.2, 0.25) is 0 Å². The Morgan fingerprint density at radius 3 is 2.57 bits per heavy atom. The lowest BCUT2D eigenvalue weighted by atomic mass is 10.1. The summed E-state index contributed by atoms with van der Waals surface area (Å²) in [5, 5.41) is 0. The van der Waals surface area contributed by atoms with Gasteiger partial charge in [0.25, 0.3) is 0 Å². The number of halogens is 1. The molecule has 0 aliphatic rings. The molecule has 0 amide bonds. The third-order valence-corrected chi connectivity index (χ3v) is 1.69. The quantitative estimate of drug-likeness (QED) is 0.802. The number of hydrogen-bond donors (Lipinski definition) is 1. The van der Waals surface area contributed by atoms with Crippen molar-refractivity contribution < 1.29 is 9.13 Å². The highest BCUT2D eigenvalue weighted by Gasteiger charge is 2.10. The van der Waals surface area contributed by atoms with E-state index in [4.69, 9.17) is 10.5 Å². The molecule has 0 radical (unpaired) electrons. The molecule has 1 rings (SSSR count). The molecular weight excluding hydrogens is 181 g/mol. The maximum Gasteiger partial charge on any atom is 0.128 e. The van der Waals surface area contributed by atoms with E-state index in [-0.39, 0.29) is 18.0 Å². The summed E-state index contributed by atoms with van der Waals surface area (Å²) in [6.45, 7) is 4.43. The number of hydrogen-bond acceptors (Lipinski definition) is 2. The Kier molecular flexibility index (Phi) is 3.61. The second-order valence-corrected chi connectivity index (χ2v) is 4.07. The molecule has 14 heavy (non-hydrogen) atoms. The molecule has 78 valence electrons. The fourth-order valence-electron chi connectivity index (χ4n) is 1.04. The molecule has 0 spiro atoms. The second kappa shape index (κ2) is 4.53. The first kappa shape index (κ1) is 11.1. The zero-order valence-electron chi connectivity index (χ0n) is 8.59. The van der Waals surface area contributed by atoms with E-state index in [1.165, 1.54) is 6.07 Å². The van der Waals surface area contributed by atoms with E-state index in [9.17, 15) is 4.39 Å². The summed E-state index contributed by atoms with van der Waals surface area (Å²) < 4.78 is 18.4. The normalized spacial score (nSPS) is 11.7. The van der Waals surface area contributed by atoms with E-state index in [2.05, 4.69) is 0 Å². The van der Waals surface area contributed by atoms with Gasteiger partial charge in [-0.05, 0) is 19.9 Å². The van der Waals surface area contributed by atoms with Crippen molar-refractivity contribution in [3.8, 4) is 0 Å². The summed E-state index contributed by atoms with van der Waals surface area (Å²) in [5.74, 6) is -0.234. The summed E-state index contributed by atoms with van der Waals surface area (Å²) in [4.78, 5) is 0. The number of benzene rings is 1. The van der Waals surface area contributed by atoms with Crippen LogP contribution in [0.15, 0.2) is 24.3 Å². The van der Waals surface area contributed by atoms with Crippen LogP contribution in [0.5, 0.6) is 0 Å². The van der Waals surface area contributed by atoms with Crippen LogP contribution in [0.3, 0.4) is 0 Å². The molecule has 2 nitrogen and oxygen atoms in total. The van der Waals surface area contributed by atoms with E-state index in [1.54, 1.807) is 18.2 Å². The van der Waals surface area contributed by atoms with E-state index >= 15 is 0 Å². The maximum absolute atomic E-state index is 13.1. The molecule has 0 bridgehead atoms. The van der Waals surface area contributed by atoms with E-state index in [0.717, 1.165) is 0 Å². The summed E-state index contributed by atoms with van der Waals surface area (Å²) in [6, 6.07) is 6.58. The van der Waals surface area contributed by atoms with Gasteiger partial charge in [-0.1, -0.05) is 18.2 Å². The zero-order valence-corrected chi connectivity index (χ0v) is 8.59. The number of rotatable bonds is 4. The van der Waals surface area contributed by atoms with Gasteiger partial charge in [0.15, 0.2) is 0 Å². The average molecular weight is 197 g/mol. The standard InChI is InChI=1S/C11H16FNO/c1-11(2,13)8-14-7-9-5-3-4-6-10(9)12/h3-6H,7-8,13H2,1-2H3. The Morgan fingerprint density at radius 1 is 1.36 bits per heavy atom. The molecule has 1 aromatic carbocycles. The highest BCUT2D eigenvalue weighted by Crippen LogP contribution is 2.08. The fourth-order valence-corrected chi connectivity index (χ4v) is 1.04. The Balaban J connectivity index is 2.43. The smallest absolute Gasteiger partial charge is 0.128 e. The van der Waals surface area contributed by atoms with Crippen LogP contribution in [0.2, 0.25) is 0 Å². The monoisotopic (exact) mass is 197 g/mol. The highest BCUT2D eigenvalue weighted by atomic mass is 19.1. The van der Waals surface area contributed by atoms with Crippen LogP contribution in [-0.4, -0.2) is 12.1 Å². The first-order valence-electron chi connectivity index (χ1n) is 4.59. The van der Waals surface area contributed by atoms with E-state index in [1.807, 2.05) is 13.8 Å². The fraction of sp³-hybridized carbons (Fsp3) is 0.455. The molecule has 0 heterocycles. The highest BCUT2D eigenvalue weighted by molar-refractivity contribution is 5.16. The summed E-state index contributed by atoms with van der Waals surface area (Å²) in [7, 11) is 0. The van der Waals surface area contributed by atoms with Gasteiger partial charge in [-0.25, -0.2) is 4.39 Å². The predicted molar refractivity (Wildman–Crippen MR) is 54.3 cm³/mol. The Hall–Kier alpha value is -0.930. The third-order valence-electron chi connectivity index (χ3n) is 1.69. The summed E-state index contributed by atoms with van der Waals surface area (Å²) in [5.41, 5.74) is 5.92. The maximum atomic E-state index is 13.1. The molecule has 0 fully saturated rings. The van der Waals surface area contributed by atoms with Crippen LogP contribution < -0.4 is 5.73 Å². The summed E-state index contributed by atoms with van der Waals surface area (Å²) in [6.07, 6.45) is 0. The molecule has 1 aromatic rings. The van der Waals surface area contributed by atoms with Gasteiger partial charge in [-0.3, -0.25) is 0 Å². The molecule has 0 aromatic heterocycles. The van der Waals surface area contributed by atoms with Gasteiger partial charge in [0.1, 0.15) is 5.82 Å². The minimum absolute atomic E-state index is 0.234. The van der Waals surface area contributed by atoms with Crippen LogP contribution in [0, 0.1) is 5.82 Å². The SMILES string of the molecule is CC(C)(N)COCc1ccccc1F. The molecule has 2 N–H and O–H groups in total. The van der Waals surface area contributed by atoms with Crippen LogP contribution in [0.4, 0.5) is 4.39 Å². The van der Waals surface area contributed by atoms with Crippen molar-refractivity contribution in [2.45, 2.75) is 26.0 Å². The molecular formula is C11H16FNO. The largest absolute Gasteiger partial charge is 0.375 e. The average Bonchev–Trinajstić information content (AvgIpc) is 2.06. The van der Waals surface area contributed by atoms with Gasteiger partial charge >= 0.3 is 0 Å². The van der Waals surface area contributed by atoms with Gasteiger partial charge in [-0.15, -0.1) is 0 Å². The lowest BCUT2D eigenvalue weighted by molar-refractivity contribution is 0.0832.